The van der Waals surface area contributed by atoms with Gasteiger partial charge in [-0.05, 0) is 54.6 Å². The molecule has 2 aromatic carbocycles. The molecule has 0 aliphatic heterocycles. The second-order valence-corrected chi connectivity index (χ2v) is 9.28. The molecule has 10 heteroatoms. The molecule has 0 aliphatic carbocycles. The topological polar surface area (TPSA) is 86.4 Å². The van der Waals surface area contributed by atoms with Gasteiger partial charge in [0.05, 0.1) is 32.7 Å². The fourth-order valence-corrected chi connectivity index (χ4v) is 4.46. The van der Waals surface area contributed by atoms with Crippen LogP contribution in [0.2, 0.25) is 0 Å². The minimum absolute atomic E-state index is 0.291. The van der Waals surface area contributed by atoms with Crippen LogP contribution < -0.4 is 24.8 Å². The molecule has 9 nitrogen and oxygen atoms in total. The number of halogens is 1. The second kappa shape index (κ2) is 12.9. The van der Waals surface area contributed by atoms with Gasteiger partial charge in [0.15, 0.2) is 11.5 Å². The van der Waals surface area contributed by atoms with Crippen LogP contribution in [0.25, 0.3) is 33.8 Å². The van der Waals surface area contributed by atoms with Crippen LogP contribution in [0.1, 0.15) is 0 Å². The molecule has 0 unspecified atom stereocenters. The number of rotatable bonds is 9. The first-order valence-electron chi connectivity index (χ1n) is 13.4. The highest BCUT2D eigenvalue weighted by atomic mass is 19.1. The summed E-state index contributed by atoms with van der Waals surface area (Å²) in [4.78, 5) is 9.24. The predicted molar refractivity (Wildman–Crippen MR) is 165 cm³/mol. The Balaban J connectivity index is 0.000000171. The Morgan fingerprint density at radius 1 is 0.690 bits per heavy atom. The third-order valence-electron chi connectivity index (χ3n) is 6.70. The maximum atomic E-state index is 12.2. The molecule has 6 aromatic rings. The van der Waals surface area contributed by atoms with Crippen LogP contribution in [0.15, 0.2) is 91.5 Å². The summed E-state index contributed by atoms with van der Waals surface area (Å²) >= 11 is 0. The third-order valence-corrected chi connectivity index (χ3v) is 6.70. The molecule has 2 N–H and O–H groups in total. The number of hydrogen-bond acceptors (Lipinski definition) is 7. The Hall–Kier alpha value is -5.25. The lowest BCUT2D eigenvalue weighted by Gasteiger charge is -2.08. The smallest absolute Gasteiger partial charge is 0.161 e. The van der Waals surface area contributed by atoms with Crippen LogP contribution >= 0.6 is 0 Å². The van der Waals surface area contributed by atoms with E-state index in [1.807, 2.05) is 107 Å². The highest BCUT2D eigenvalue weighted by molar-refractivity contribution is 5.68. The van der Waals surface area contributed by atoms with Gasteiger partial charge in [-0.3, -0.25) is 0 Å². The van der Waals surface area contributed by atoms with Gasteiger partial charge in [-0.1, -0.05) is 0 Å². The second-order valence-electron chi connectivity index (χ2n) is 9.28. The summed E-state index contributed by atoms with van der Waals surface area (Å²) in [6.45, 7) is -0.115. The fourth-order valence-electron chi connectivity index (χ4n) is 4.46. The molecular weight excluding hydrogens is 535 g/mol. The Labute approximate surface area is 243 Å². The Kier molecular flexibility index (Phi) is 8.72. The van der Waals surface area contributed by atoms with Crippen LogP contribution in [0, 0.1) is 0 Å². The van der Waals surface area contributed by atoms with Gasteiger partial charge in [-0.25, -0.2) is 14.4 Å². The molecule has 0 atom stereocenters. The first-order valence-corrected chi connectivity index (χ1v) is 13.4. The van der Waals surface area contributed by atoms with E-state index in [0.29, 0.717) is 18.0 Å². The molecule has 0 amide bonds. The van der Waals surface area contributed by atoms with Gasteiger partial charge in [0.2, 0.25) is 0 Å². The van der Waals surface area contributed by atoms with Gasteiger partial charge in [-0.15, -0.1) is 0 Å². The standard InChI is InChI=1S/C17H18FN3O2.C15H15N3O/c1-22-15-4-3-12(9-16(15)23-2)14-11-21-8-5-13(19-7-6-18)10-17(21)20-14;1-16-12-7-8-18-10-14(17-15(18)9-12)11-3-5-13(19-2)6-4-11/h3-5,8-11,19H,6-7H2,1-2H3;3-10,16H,1-2H3. The number of ether oxygens (including phenoxy) is 3. The number of alkyl halides is 1. The lowest BCUT2D eigenvalue weighted by molar-refractivity contribution is 0.355. The normalized spacial score (nSPS) is 10.7. The largest absolute Gasteiger partial charge is 0.497 e. The average molecular weight is 569 g/mol. The van der Waals surface area contributed by atoms with Crippen molar-refractivity contribution >= 4 is 22.7 Å². The van der Waals surface area contributed by atoms with E-state index in [4.69, 9.17) is 14.2 Å². The summed E-state index contributed by atoms with van der Waals surface area (Å²) in [6.07, 6.45) is 7.86. The molecule has 0 radical (unpaired) electrons. The van der Waals surface area contributed by atoms with E-state index in [-0.39, 0.29) is 0 Å². The van der Waals surface area contributed by atoms with E-state index in [2.05, 4.69) is 20.6 Å². The molecule has 0 saturated carbocycles. The van der Waals surface area contributed by atoms with Crippen LogP contribution in [-0.2, 0) is 0 Å². The molecule has 0 aliphatic rings. The molecule has 0 saturated heterocycles. The van der Waals surface area contributed by atoms with Crippen molar-refractivity contribution in [3.63, 3.8) is 0 Å². The quantitative estimate of drug-likeness (QED) is 0.207. The highest BCUT2D eigenvalue weighted by Crippen LogP contribution is 2.32. The third kappa shape index (κ3) is 6.22. The maximum Gasteiger partial charge on any atom is 0.161 e. The summed E-state index contributed by atoms with van der Waals surface area (Å²) in [5.74, 6) is 2.19. The van der Waals surface area contributed by atoms with E-state index in [0.717, 1.165) is 50.9 Å². The number of nitrogens with one attached hydrogen (secondary N) is 2. The van der Waals surface area contributed by atoms with E-state index in [1.54, 1.807) is 21.3 Å². The van der Waals surface area contributed by atoms with Crippen LogP contribution in [0.4, 0.5) is 15.8 Å². The van der Waals surface area contributed by atoms with Gasteiger partial charge >= 0.3 is 0 Å². The van der Waals surface area contributed by atoms with Crippen molar-refractivity contribution in [1.29, 1.82) is 0 Å². The number of methoxy groups -OCH3 is 3. The monoisotopic (exact) mass is 568 g/mol. The summed E-state index contributed by atoms with van der Waals surface area (Å²) in [6, 6.07) is 21.4. The number of nitrogens with zero attached hydrogens (tertiary/aromatic N) is 4. The van der Waals surface area contributed by atoms with Gasteiger partial charge in [0.1, 0.15) is 23.7 Å². The molecule has 216 valence electrons. The zero-order valence-electron chi connectivity index (χ0n) is 24.0. The minimum atomic E-state index is -0.406. The SMILES string of the molecule is CNc1ccn2cc(-c3ccc(OC)cc3)nc2c1.COc1ccc(-c2cn3ccc(NCCF)cc3n2)cc1OC. The highest BCUT2D eigenvalue weighted by Gasteiger charge is 2.10. The zero-order valence-corrected chi connectivity index (χ0v) is 24.0. The molecule has 0 bridgehead atoms. The number of hydrogen-bond donors (Lipinski definition) is 2. The predicted octanol–water partition coefficient (Wildman–Crippen LogP) is 6.45. The van der Waals surface area contributed by atoms with E-state index >= 15 is 0 Å². The van der Waals surface area contributed by atoms with Crippen molar-refractivity contribution < 1.29 is 18.6 Å². The number of imidazole rings is 2. The summed E-state index contributed by atoms with van der Waals surface area (Å²) in [5, 5.41) is 6.12. The fraction of sp³-hybridized carbons (Fsp3) is 0.188. The first-order chi connectivity index (χ1) is 20.5. The van der Waals surface area contributed by atoms with Gasteiger partial charge < -0.3 is 33.6 Å². The van der Waals surface area contributed by atoms with Crippen molar-refractivity contribution in [3.05, 3.63) is 91.5 Å². The maximum absolute atomic E-state index is 12.2. The zero-order chi connectivity index (χ0) is 29.5. The van der Waals surface area contributed by atoms with Crippen molar-refractivity contribution in [2.45, 2.75) is 0 Å². The molecular formula is C32H33FN6O3. The number of pyridine rings is 2. The molecule has 4 heterocycles. The number of benzene rings is 2. The van der Waals surface area contributed by atoms with Crippen molar-refractivity contribution in [3.8, 4) is 39.8 Å². The first kappa shape index (κ1) is 28.3. The Morgan fingerprint density at radius 3 is 1.88 bits per heavy atom. The van der Waals surface area contributed by atoms with Crippen molar-refractivity contribution in [1.82, 2.24) is 18.8 Å². The molecule has 6 rings (SSSR count). The minimum Gasteiger partial charge on any atom is -0.497 e. The van der Waals surface area contributed by atoms with Crippen LogP contribution in [0.5, 0.6) is 17.2 Å². The Bertz CT molecular complexity index is 1780. The molecule has 0 spiro atoms. The van der Waals surface area contributed by atoms with Crippen molar-refractivity contribution in [2.75, 3.05) is 52.2 Å². The van der Waals surface area contributed by atoms with E-state index in [9.17, 15) is 4.39 Å². The van der Waals surface area contributed by atoms with Gasteiger partial charge in [0.25, 0.3) is 0 Å². The van der Waals surface area contributed by atoms with Gasteiger partial charge in [0, 0.05) is 73.0 Å². The summed E-state index contributed by atoms with van der Waals surface area (Å²) < 4.78 is 31.9. The van der Waals surface area contributed by atoms with Gasteiger partial charge in [-0.2, -0.15) is 0 Å². The molecule has 0 fully saturated rings. The summed E-state index contributed by atoms with van der Waals surface area (Å²) in [5.41, 5.74) is 7.42. The van der Waals surface area contributed by atoms with E-state index < -0.39 is 6.67 Å². The number of fused-ring (bicyclic) bond motifs is 2. The Morgan fingerprint density at radius 2 is 1.29 bits per heavy atom. The molecule has 4 aromatic heterocycles. The van der Waals surface area contributed by atoms with E-state index in [1.165, 1.54) is 0 Å². The number of aromatic nitrogens is 4. The molecule has 42 heavy (non-hydrogen) atoms. The van der Waals surface area contributed by atoms with Crippen molar-refractivity contribution in [2.24, 2.45) is 0 Å². The lowest BCUT2D eigenvalue weighted by atomic mass is 10.1. The summed E-state index contributed by atoms with van der Waals surface area (Å²) in [7, 11) is 6.78. The average Bonchev–Trinajstić information content (AvgIpc) is 3.67. The van der Waals surface area contributed by atoms with Crippen LogP contribution in [0.3, 0.4) is 0 Å². The van der Waals surface area contributed by atoms with Crippen LogP contribution in [-0.4, -0.2) is 60.4 Å². The lowest BCUT2D eigenvalue weighted by Crippen LogP contribution is -2.02. The number of anilines is 2.